The van der Waals surface area contributed by atoms with Gasteiger partial charge in [-0.25, -0.2) is 0 Å². The predicted octanol–water partition coefficient (Wildman–Crippen LogP) is 4.61. The van der Waals surface area contributed by atoms with E-state index in [9.17, 15) is 4.79 Å². The SMILES string of the molecule is COc1c(C)cc(C(=O)c2cccc(Br)c2C)cc1C. The van der Waals surface area contributed by atoms with Gasteiger partial charge >= 0.3 is 0 Å². The molecule has 0 atom stereocenters. The molecule has 2 rings (SSSR count). The Kier molecular flexibility index (Phi) is 4.29. The number of carbonyl (C=O) groups is 1. The molecule has 0 fully saturated rings. The molecule has 2 aromatic carbocycles. The van der Waals surface area contributed by atoms with Crippen LogP contribution in [0.25, 0.3) is 0 Å². The average molecular weight is 333 g/mol. The van der Waals surface area contributed by atoms with Gasteiger partial charge in [0.15, 0.2) is 5.78 Å². The van der Waals surface area contributed by atoms with Crippen molar-refractivity contribution in [3.63, 3.8) is 0 Å². The third kappa shape index (κ3) is 2.63. The summed E-state index contributed by atoms with van der Waals surface area (Å²) >= 11 is 3.47. The number of hydrogen-bond donors (Lipinski definition) is 0. The Hall–Kier alpha value is -1.61. The van der Waals surface area contributed by atoms with E-state index < -0.39 is 0 Å². The van der Waals surface area contributed by atoms with E-state index in [1.165, 1.54) is 0 Å². The second-order valence-electron chi connectivity index (χ2n) is 4.88. The van der Waals surface area contributed by atoms with Gasteiger partial charge < -0.3 is 4.74 Å². The zero-order valence-corrected chi connectivity index (χ0v) is 13.7. The molecule has 2 aromatic rings. The van der Waals surface area contributed by atoms with Crippen molar-refractivity contribution >= 4 is 21.7 Å². The van der Waals surface area contributed by atoms with Gasteiger partial charge in [-0.15, -0.1) is 0 Å². The van der Waals surface area contributed by atoms with Crippen molar-refractivity contribution in [2.45, 2.75) is 20.8 Å². The monoisotopic (exact) mass is 332 g/mol. The lowest BCUT2D eigenvalue weighted by Gasteiger charge is -2.12. The van der Waals surface area contributed by atoms with Crippen LogP contribution in [0.2, 0.25) is 0 Å². The molecule has 0 amide bonds. The summed E-state index contributed by atoms with van der Waals surface area (Å²) in [4.78, 5) is 12.7. The number of rotatable bonds is 3. The zero-order chi connectivity index (χ0) is 14.9. The van der Waals surface area contributed by atoms with E-state index in [1.807, 2.05) is 51.1 Å². The number of aryl methyl sites for hydroxylation is 2. The van der Waals surface area contributed by atoms with Gasteiger partial charge in [0.2, 0.25) is 0 Å². The molecule has 20 heavy (non-hydrogen) atoms. The molecule has 0 saturated carbocycles. The van der Waals surface area contributed by atoms with Crippen molar-refractivity contribution in [3.05, 3.63) is 62.6 Å². The lowest BCUT2D eigenvalue weighted by molar-refractivity contribution is 0.103. The fourth-order valence-electron chi connectivity index (χ4n) is 2.41. The summed E-state index contributed by atoms with van der Waals surface area (Å²) in [6, 6.07) is 9.45. The summed E-state index contributed by atoms with van der Waals surface area (Å²) in [5.74, 6) is 0.880. The van der Waals surface area contributed by atoms with Crippen LogP contribution in [0.4, 0.5) is 0 Å². The summed E-state index contributed by atoms with van der Waals surface area (Å²) in [5.41, 5.74) is 4.33. The van der Waals surface area contributed by atoms with E-state index in [-0.39, 0.29) is 5.78 Å². The van der Waals surface area contributed by atoms with E-state index in [0.29, 0.717) is 5.56 Å². The van der Waals surface area contributed by atoms with Gasteiger partial charge in [0, 0.05) is 15.6 Å². The van der Waals surface area contributed by atoms with Crippen molar-refractivity contribution in [2.24, 2.45) is 0 Å². The van der Waals surface area contributed by atoms with E-state index >= 15 is 0 Å². The van der Waals surface area contributed by atoms with Gasteiger partial charge in [-0.05, 0) is 55.7 Å². The van der Waals surface area contributed by atoms with Gasteiger partial charge in [0.05, 0.1) is 7.11 Å². The minimum Gasteiger partial charge on any atom is -0.496 e. The van der Waals surface area contributed by atoms with Crippen LogP contribution < -0.4 is 4.74 Å². The van der Waals surface area contributed by atoms with E-state index in [0.717, 1.165) is 32.5 Å². The summed E-state index contributed by atoms with van der Waals surface area (Å²) in [7, 11) is 1.65. The molecule has 104 valence electrons. The second-order valence-corrected chi connectivity index (χ2v) is 5.74. The standard InChI is InChI=1S/C17H17BrO2/c1-10-8-13(9-11(2)17(10)20-4)16(19)14-6-5-7-15(18)12(14)3/h5-9H,1-4H3. The molecule has 0 aliphatic carbocycles. The predicted molar refractivity (Wildman–Crippen MR) is 84.8 cm³/mol. The summed E-state index contributed by atoms with van der Waals surface area (Å²) in [5, 5.41) is 0. The van der Waals surface area contributed by atoms with Crippen molar-refractivity contribution in [1.29, 1.82) is 0 Å². The summed E-state index contributed by atoms with van der Waals surface area (Å²) in [6.07, 6.45) is 0. The number of benzene rings is 2. The molecule has 2 nitrogen and oxygen atoms in total. The summed E-state index contributed by atoms with van der Waals surface area (Å²) < 4.78 is 6.29. The third-order valence-electron chi connectivity index (χ3n) is 3.44. The Morgan fingerprint density at radius 1 is 1.10 bits per heavy atom. The van der Waals surface area contributed by atoms with Crippen LogP contribution in [0.15, 0.2) is 34.8 Å². The van der Waals surface area contributed by atoms with Gasteiger partial charge in [-0.2, -0.15) is 0 Å². The van der Waals surface area contributed by atoms with E-state index in [1.54, 1.807) is 7.11 Å². The first kappa shape index (κ1) is 14.8. The van der Waals surface area contributed by atoms with Crippen molar-refractivity contribution < 1.29 is 9.53 Å². The fourth-order valence-corrected chi connectivity index (χ4v) is 2.78. The smallest absolute Gasteiger partial charge is 0.193 e. The normalized spacial score (nSPS) is 10.4. The first-order valence-electron chi connectivity index (χ1n) is 6.40. The first-order chi connectivity index (χ1) is 9.45. The topological polar surface area (TPSA) is 26.3 Å². The maximum atomic E-state index is 12.7. The number of methoxy groups -OCH3 is 1. The third-order valence-corrected chi connectivity index (χ3v) is 4.30. The molecule has 0 aliphatic heterocycles. The Morgan fingerprint density at radius 2 is 1.70 bits per heavy atom. The molecule has 0 bridgehead atoms. The molecule has 0 N–H and O–H groups in total. The second kappa shape index (κ2) is 5.80. The highest BCUT2D eigenvalue weighted by Crippen LogP contribution is 2.27. The lowest BCUT2D eigenvalue weighted by atomic mass is 9.96. The summed E-state index contributed by atoms with van der Waals surface area (Å²) in [6.45, 7) is 5.85. The van der Waals surface area contributed by atoms with Crippen LogP contribution in [-0.2, 0) is 0 Å². The number of ether oxygens (including phenoxy) is 1. The quantitative estimate of drug-likeness (QED) is 0.767. The van der Waals surface area contributed by atoms with Crippen LogP contribution in [0.5, 0.6) is 5.75 Å². The molecule has 0 spiro atoms. The van der Waals surface area contributed by atoms with Crippen LogP contribution >= 0.6 is 15.9 Å². The minimum atomic E-state index is 0.0395. The minimum absolute atomic E-state index is 0.0395. The van der Waals surface area contributed by atoms with Crippen LogP contribution in [0.1, 0.15) is 32.6 Å². The molecule has 0 radical (unpaired) electrons. The van der Waals surface area contributed by atoms with Crippen LogP contribution in [0, 0.1) is 20.8 Å². The average Bonchev–Trinajstić information content (AvgIpc) is 2.41. The van der Waals surface area contributed by atoms with Gasteiger partial charge in [-0.1, -0.05) is 28.1 Å². The number of hydrogen-bond acceptors (Lipinski definition) is 2. The maximum Gasteiger partial charge on any atom is 0.193 e. The molecule has 0 aromatic heterocycles. The molecule has 3 heteroatoms. The zero-order valence-electron chi connectivity index (χ0n) is 12.1. The van der Waals surface area contributed by atoms with Crippen molar-refractivity contribution in [2.75, 3.05) is 7.11 Å². The number of ketones is 1. The largest absolute Gasteiger partial charge is 0.496 e. The fraction of sp³-hybridized carbons (Fsp3) is 0.235. The highest BCUT2D eigenvalue weighted by atomic mass is 79.9. The highest BCUT2D eigenvalue weighted by Gasteiger charge is 2.15. The molecular weight excluding hydrogens is 316 g/mol. The van der Waals surface area contributed by atoms with Gasteiger partial charge in [-0.3, -0.25) is 4.79 Å². The maximum absolute atomic E-state index is 12.7. The Balaban J connectivity index is 2.52. The van der Waals surface area contributed by atoms with Crippen LogP contribution in [-0.4, -0.2) is 12.9 Å². The van der Waals surface area contributed by atoms with Gasteiger partial charge in [0.25, 0.3) is 0 Å². The van der Waals surface area contributed by atoms with Crippen molar-refractivity contribution in [3.8, 4) is 5.75 Å². The molecule has 0 aliphatic rings. The molecule has 0 heterocycles. The first-order valence-corrected chi connectivity index (χ1v) is 7.20. The van der Waals surface area contributed by atoms with E-state index in [2.05, 4.69) is 15.9 Å². The number of halogens is 1. The molecule has 0 unspecified atom stereocenters. The molecular formula is C17H17BrO2. The Labute approximate surface area is 127 Å². The van der Waals surface area contributed by atoms with Gasteiger partial charge in [0.1, 0.15) is 5.75 Å². The van der Waals surface area contributed by atoms with Crippen LogP contribution in [0.3, 0.4) is 0 Å². The Bertz CT molecular complexity index is 652. The van der Waals surface area contributed by atoms with E-state index in [4.69, 9.17) is 4.74 Å². The lowest BCUT2D eigenvalue weighted by Crippen LogP contribution is -2.05. The van der Waals surface area contributed by atoms with Crippen molar-refractivity contribution in [1.82, 2.24) is 0 Å². The Morgan fingerprint density at radius 3 is 2.25 bits per heavy atom. The highest BCUT2D eigenvalue weighted by molar-refractivity contribution is 9.10. The number of carbonyl (C=O) groups excluding carboxylic acids is 1. The molecule has 0 saturated heterocycles.